The van der Waals surface area contributed by atoms with E-state index in [0.29, 0.717) is 13.0 Å². The van der Waals surface area contributed by atoms with Crippen LogP contribution in [0.25, 0.3) is 0 Å². The SMILES string of the molecule is CS/C=C/C(=O)N1CC[C@@H](NC(=O)c2ccc([N+](=O)[O-])s2)[C@@H]1c1ccccc1. The minimum absolute atomic E-state index is 0.0739. The maximum Gasteiger partial charge on any atom is 0.324 e. The van der Waals surface area contributed by atoms with Gasteiger partial charge in [-0.25, -0.2) is 0 Å². The molecule has 1 aliphatic heterocycles. The van der Waals surface area contributed by atoms with Crippen molar-refractivity contribution in [2.75, 3.05) is 12.8 Å². The van der Waals surface area contributed by atoms with Crippen LogP contribution in [-0.4, -0.2) is 40.5 Å². The summed E-state index contributed by atoms with van der Waals surface area (Å²) in [6.07, 6.45) is 4.02. The highest BCUT2D eigenvalue weighted by molar-refractivity contribution is 8.01. The van der Waals surface area contributed by atoms with Crippen LogP contribution in [0.2, 0.25) is 0 Å². The number of rotatable bonds is 6. The lowest BCUT2D eigenvalue weighted by Crippen LogP contribution is -2.40. The van der Waals surface area contributed by atoms with E-state index in [1.165, 1.54) is 30.0 Å². The van der Waals surface area contributed by atoms with Crippen molar-refractivity contribution in [1.82, 2.24) is 10.2 Å². The summed E-state index contributed by atoms with van der Waals surface area (Å²) < 4.78 is 0. The van der Waals surface area contributed by atoms with Gasteiger partial charge in [-0.1, -0.05) is 41.7 Å². The number of carbonyl (C=O) groups is 2. The monoisotopic (exact) mass is 417 g/mol. The number of likely N-dealkylation sites (tertiary alicyclic amines) is 1. The molecule has 1 fully saturated rings. The number of hydrogen-bond acceptors (Lipinski definition) is 6. The fraction of sp³-hybridized carbons (Fsp3) is 0.263. The summed E-state index contributed by atoms with van der Waals surface area (Å²) in [6.45, 7) is 0.520. The standard InChI is InChI=1S/C19H19N3O4S2/c1-27-12-10-16(23)21-11-9-14(18(21)13-5-3-2-4-6-13)20-19(24)15-7-8-17(28-15)22(25)26/h2-8,10,12,14,18H,9,11H2,1H3,(H,20,24)/b12-10+/t14-,18+/m1/s1. The van der Waals surface area contributed by atoms with Crippen LogP contribution in [0.5, 0.6) is 0 Å². The van der Waals surface area contributed by atoms with Crippen molar-refractivity contribution in [3.8, 4) is 0 Å². The van der Waals surface area contributed by atoms with Gasteiger partial charge in [-0.3, -0.25) is 19.7 Å². The summed E-state index contributed by atoms with van der Waals surface area (Å²) in [6, 6.07) is 11.8. The van der Waals surface area contributed by atoms with E-state index < -0.39 is 4.92 Å². The minimum Gasteiger partial charge on any atom is -0.346 e. The van der Waals surface area contributed by atoms with Crippen molar-refractivity contribution in [1.29, 1.82) is 0 Å². The molecule has 1 N–H and O–H groups in total. The number of thiophene rings is 1. The summed E-state index contributed by atoms with van der Waals surface area (Å²) in [5.74, 6) is -0.468. The number of carbonyl (C=O) groups excluding carboxylic acids is 2. The van der Waals surface area contributed by atoms with Crippen LogP contribution in [0.1, 0.15) is 27.7 Å². The van der Waals surface area contributed by atoms with Crippen molar-refractivity contribution in [3.05, 3.63) is 74.5 Å². The van der Waals surface area contributed by atoms with Crippen LogP contribution in [0.3, 0.4) is 0 Å². The third-order valence-corrected chi connectivity index (χ3v) is 5.92. The van der Waals surface area contributed by atoms with Crippen molar-refractivity contribution in [3.63, 3.8) is 0 Å². The Bertz CT molecular complexity index is 898. The molecule has 0 spiro atoms. The highest BCUT2D eigenvalue weighted by Gasteiger charge is 2.38. The van der Waals surface area contributed by atoms with E-state index >= 15 is 0 Å². The smallest absolute Gasteiger partial charge is 0.324 e. The number of nitro groups is 1. The van der Waals surface area contributed by atoms with Gasteiger partial charge in [0, 0.05) is 18.7 Å². The second-order valence-electron chi connectivity index (χ2n) is 6.19. The predicted octanol–water partition coefficient (Wildman–Crippen LogP) is 3.61. The zero-order chi connectivity index (χ0) is 20.1. The Morgan fingerprint density at radius 1 is 1.29 bits per heavy atom. The van der Waals surface area contributed by atoms with E-state index in [1.54, 1.807) is 10.3 Å². The maximum atomic E-state index is 12.6. The molecular formula is C19H19N3O4S2. The first-order chi connectivity index (χ1) is 13.5. The molecule has 1 aliphatic rings. The average Bonchev–Trinajstić information content (AvgIpc) is 3.34. The minimum atomic E-state index is -0.512. The number of hydrogen-bond donors (Lipinski definition) is 1. The van der Waals surface area contributed by atoms with Gasteiger partial charge in [0.1, 0.15) is 0 Å². The Balaban J connectivity index is 1.82. The zero-order valence-corrected chi connectivity index (χ0v) is 16.7. The largest absolute Gasteiger partial charge is 0.346 e. The van der Waals surface area contributed by atoms with Crippen LogP contribution in [0, 0.1) is 10.1 Å². The average molecular weight is 418 g/mol. The van der Waals surface area contributed by atoms with Gasteiger partial charge in [-0.05, 0) is 29.7 Å². The fourth-order valence-electron chi connectivity index (χ4n) is 3.26. The van der Waals surface area contributed by atoms with Crippen LogP contribution in [0.4, 0.5) is 5.00 Å². The molecule has 1 aromatic carbocycles. The van der Waals surface area contributed by atoms with E-state index in [1.807, 2.05) is 36.6 Å². The van der Waals surface area contributed by atoms with Gasteiger partial charge >= 0.3 is 5.00 Å². The molecule has 0 radical (unpaired) electrons. The van der Waals surface area contributed by atoms with E-state index in [2.05, 4.69) is 5.32 Å². The summed E-state index contributed by atoms with van der Waals surface area (Å²) in [4.78, 5) is 37.6. The predicted molar refractivity (Wildman–Crippen MR) is 110 cm³/mol. The molecule has 0 saturated carbocycles. The van der Waals surface area contributed by atoms with Crippen molar-refractivity contribution in [2.45, 2.75) is 18.5 Å². The van der Waals surface area contributed by atoms with Gasteiger partial charge in [0.25, 0.3) is 5.91 Å². The maximum absolute atomic E-state index is 12.6. The third kappa shape index (κ3) is 4.42. The van der Waals surface area contributed by atoms with E-state index in [4.69, 9.17) is 0 Å². The van der Waals surface area contributed by atoms with Crippen molar-refractivity contribution < 1.29 is 14.5 Å². The Morgan fingerprint density at radius 3 is 2.68 bits per heavy atom. The molecule has 2 atom stereocenters. The van der Waals surface area contributed by atoms with Crippen LogP contribution in [0.15, 0.2) is 53.9 Å². The molecule has 2 aromatic rings. The second kappa shape index (κ2) is 9.03. The molecule has 7 nitrogen and oxygen atoms in total. The number of nitrogens with zero attached hydrogens (tertiary/aromatic N) is 2. The van der Waals surface area contributed by atoms with Gasteiger partial charge in [-0.2, -0.15) is 0 Å². The molecule has 1 aromatic heterocycles. The quantitative estimate of drug-likeness (QED) is 0.440. The molecule has 146 valence electrons. The topological polar surface area (TPSA) is 92.6 Å². The van der Waals surface area contributed by atoms with E-state index in [0.717, 1.165) is 16.9 Å². The molecule has 3 rings (SSSR count). The number of nitrogens with one attached hydrogen (secondary N) is 1. The molecular weight excluding hydrogens is 398 g/mol. The van der Waals surface area contributed by atoms with Gasteiger partial charge < -0.3 is 10.2 Å². The van der Waals surface area contributed by atoms with E-state index in [-0.39, 0.29) is 33.8 Å². The zero-order valence-electron chi connectivity index (χ0n) is 15.1. The molecule has 0 bridgehead atoms. The molecule has 1 saturated heterocycles. The first kappa shape index (κ1) is 20.1. The van der Waals surface area contributed by atoms with Crippen molar-refractivity contribution in [2.24, 2.45) is 0 Å². The van der Waals surface area contributed by atoms with Gasteiger partial charge in [0.2, 0.25) is 5.91 Å². The Morgan fingerprint density at radius 2 is 2.04 bits per heavy atom. The van der Waals surface area contributed by atoms with Gasteiger partial charge in [0.15, 0.2) is 0 Å². The lowest BCUT2D eigenvalue weighted by Gasteiger charge is -2.28. The second-order valence-corrected chi connectivity index (χ2v) is 8.00. The number of amides is 2. The number of thioether (sulfide) groups is 1. The third-order valence-electron chi connectivity index (χ3n) is 4.48. The molecule has 9 heteroatoms. The summed E-state index contributed by atoms with van der Waals surface area (Å²) in [5.41, 5.74) is 0.938. The molecule has 2 amide bonds. The first-order valence-electron chi connectivity index (χ1n) is 8.61. The summed E-state index contributed by atoms with van der Waals surface area (Å²) >= 11 is 2.29. The lowest BCUT2D eigenvalue weighted by atomic mass is 10.00. The van der Waals surface area contributed by atoms with Gasteiger partial charge in [-0.15, -0.1) is 11.8 Å². The van der Waals surface area contributed by atoms with E-state index in [9.17, 15) is 19.7 Å². The highest BCUT2D eigenvalue weighted by Crippen LogP contribution is 2.33. The molecule has 28 heavy (non-hydrogen) atoms. The molecule has 0 aliphatic carbocycles. The summed E-state index contributed by atoms with van der Waals surface area (Å²) in [5, 5.41) is 15.5. The Kier molecular flexibility index (Phi) is 6.48. The van der Waals surface area contributed by atoms with Crippen LogP contribution < -0.4 is 5.32 Å². The van der Waals surface area contributed by atoms with Crippen LogP contribution in [-0.2, 0) is 4.79 Å². The highest BCUT2D eigenvalue weighted by atomic mass is 32.2. The molecule has 2 heterocycles. The Hall–Kier alpha value is -2.65. The van der Waals surface area contributed by atoms with Crippen LogP contribution >= 0.6 is 23.1 Å². The van der Waals surface area contributed by atoms with Gasteiger partial charge in [0.05, 0.1) is 21.9 Å². The fourth-order valence-corrected chi connectivity index (χ4v) is 4.24. The first-order valence-corrected chi connectivity index (χ1v) is 10.7. The molecule has 0 unspecified atom stereocenters. The summed E-state index contributed by atoms with van der Waals surface area (Å²) in [7, 11) is 0. The van der Waals surface area contributed by atoms with Crippen molar-refractivity contribution >= 4 is 39.9 Å². The Labute approximate surface area is 170 Å². The number of benzene rings is 1. The lowest BCUT2D eigenvalue weighted by molar-refractivity contribution is -0.380. The normalized spacial score (nSPS) is 19.1.